The number of hydrogen-bond donors (Lipinski definition) is 1. The third-order valence-electron chi connectivity index (χ3n) is 4.71. The molecule has 0 saturated carbocycles. The Bertz CT molecular complexity index is 1150. The maximum absolute atomic E-state index is 12.8. The molecule has 1 unspecified atom stereocenters. The first-order chi connectivity index (χ1) is 14.1. The topological polar surface area (TPSA) is 64.7 Å². The molecule has 7 heteroatoms. The molecule has 146 valence electrons. The van der Waals surface area contributed by atoms with Gasteiger partial charge in [-0.15, -0.1) is 0 Å². The molecule has 6 nitrogen and oxygen atoms in total. The minimum atomic E-state index is -0.341. The van der Waals surface area contributed by atoms with Gasteiger partial charge in [-0.05, 0) is 11.1 Å². The van der Waals surface area contributed by atoms with Crippen LogP contribution in [-0.4, -0.2) is 19.3 Å². The number of imidazole rings is 1. The number of nitrogens with zero attached hydrogens (tertiary/aromatic N) is 4. The van der Waals surface area contributed by atoms with Crippen molar-refractivity contribution >= 4 is 17.3 Å². The molecule has 0 saturated heterocycles. The SMILES string of the molecule is Cn1ccnc1C(Nc1cnn(Cc2ccccc2)c(=O)c1Cl)c1ccccc1. The van der Waals surface area contributed by atoms with Gasteiger partial charge in [-0.1, -0.05) is 72.3 Å². The predicted octanol–water partition coefficient (Wildman–Crippen LogP) is 3.88. The smallest absolute Gasteiger partial charge is 0.287 e. The fourth-order valence-corrected chi connectivity index (χ4v) is 3.39. The summed E-state index contributed by atoms with van der Waals surface area (Å²) in [6.07, 6.45) is 5.21. The summed E-state index contributed by atoms with van der Waals surface area (Å²) in [6.45, 7) is 0.362. The molecule has 4 aromatic rings. The number of nitrogens with one attached hydrogen (secondary N) is 1. The molecule has 0 aliphatic carbocycles. The van der Waals surface area contributed by atoms with Crippen molar-refractivity contribution in [3.05, 3.63) is 112 Å². The zero-order chi connectivity index (χ0) is 20.2. The van der Waals surface area contributed by atoms with Crippen LogP contribution in [0.4, 0.5) is 5.69 Å². The molecule has 29 heavy (non-hydrogen) atoms. The predicted molar refractivity (Wildman–Crippen MR) is 114 cm³/mol. The van der Waals surface area contributed by atoms with Crippen molar-refractivity contribution in [1.29, 1.82) is 0 Å². The van der Waals surface area contributed by atoms with E-state index >= 15 is 0 Å². The standard InChI is InChI=1S/C22H20ClN5O/c1-27-13-12-24-21(27)20(17-10-6-3-7-11-17)26-18-14-25-28(22(29)19(18)23)15-16-8-4-2-5-9-16/h2-14,20,26H,15H2,1H3. The van der Waals surface area contributed by atoms with E-state index in [1.54, 1.807) is 12.4 Å². The van der Waals surface area contributed by atoms with Crippen LogP contribution in [-0.2, 0) is 13.6 Å². The van der Waals surface area contributed by atoms with E-state index in [4.69, 9.17) is 11.6 Å². The lowest BCUT2D eigenvalue weighted by molar-refractivity contribution is 0.638. The molecule has 1 atom stereocenters. The van der Waals surface area contributed by atoms with Gasteiger partial charge < -0.3 is 9.88 Å². The Balaban J connectivity index is 1.67. The lowest BCUT2D eigenvalue weighted by Gasteiger charge is -2.21. The fraction of sp³-hybridized carbons (Fsp3) is 0.136. The third-order valence-corrected chi connectivity index (χ3v) is 5.07. The zero-order valence-corrected chi connectivity index (χ0v) is 16.6. The zero-order valence-electron chi connectivity index (χ0n) is 15.9. The summed E-state index contributed by atoms with van der Waals surface area (Å²) in [5.74, 6) is 0.806. The second-order valence-electron chi connectivity index (χ2n) is 6.71. The molecule has 1 N–H and O–H groups in total. The first kappa shape index (κ1) is 19.0. The van der Waals surface area contributed by atoms with Gasteiger partial charge in [0.2, 0.25) is 0 Å². The van der Waals surface area contributed by atoms with Crippen LogP contribution in [0.15, 0.2) is 84.0 Å². The van der Waals surface area contributed by atoms with Crippen LogP contribution in [0, 0.1) is 0 Å². The van der Waals surface area contributed by atoms with Crippen molar-refractivity contribution in [2.45, 2.75) is 12.6 Å². The van der Waals surface area contributed by atoms with Crippen molar-refractivity contribution in [2.75, 3.05) is 5.32 Å². The lowest BCUT2D eigenvalue weighted by Crippen LogP contribution is -2.26. The Morgan fingerprint density at radius 1 is 1.07 bits per heavy atom. The fourth-order valence-electron chi connectivity index (χ4n) is 3.19. The summed E-state index contributed by atoms with van der Waals surface area (Å²) in [5.41, 5.74) is 2.12. The van der Waals surface area contributed by atoms with Crippen LogP contribution in [0.1, 0.15) is 23.0 Å². The molecule has 0 aliphatic rings. The van der Waals surface area contributed by atoms with Crippen LogP contribution in [0.3, 0.4) is 0 Å². The van der Waals surface area contributed by atoms with Crippen LogP contribution in [0.2, 0.25) is 5.02 Å². The Morgan fingerprint density at radius 2 is 1.76 bits per heavy atom. The summed E-state index contributed by atoms with van der Waals surface area (Å²) < 4.78 is 3.30. The molecule has 0 fully saturated rings. The van der Waals surface area contributed by atoms with Gasteiger partial charge >= 0.3 is 0 Å². The minimum Gasteiger partial charge on any atom is -0.369 e. The van der Waals surface area contributed by atoms with E-state index in [-0.39, 0.29) is 16.6 Å². The van der Waals surface area contributed by atoms with Crippen molar-refractivity contribution in [3.63, 3.8) is 0 Å². The van der Waals surface area contributed by atoms with Crippen LogP contribution in [0.25, 0.3) is 0 Å². The number of rotatable bonds is 6. The minimum absolute atomic E-state index is 0.103. The molecule has 4 rings (SSSR count). The molecule has 2 aromatic carbocycles. The van der Waals surface area contributed by atoms with Gasteiger partial charge in [-0.25, -0.2) is 9.67 Å². The van der Waals surface area contributed by atoms with E-state index in [1.807, 2.05) is 78.5 Å². The molecule has 2 aromatic heterocycles. The van der Waals surface area contributed by atoms with Gasteiger partial charge in [-0.3, -0.25) is 4.79 Å². The first-order valence-electron chi connectivity index (χ1n) is 9.21. The average Bonchev–Trinajstić information content (AvgIpc) is 3.18. The molecule has 0 amide bonds. The summed E-state index contributed by atoms with van der Waals surface area (Å²) in [5, 5.41) is 7.77. The number of benzene rings is 2. The van der Waals surface area contributed by atoms with Crippen molar-refractivity contribution in [1.82, 2.24) is 19.3 Å². The number of halogens is 1. The van der Waals surface area contributed by atoms with E-state index in [0.717, 1.165) is 17.0 Å². The summed E-state index contributed by atoms with van der Waals surface area (Å²) >= 11 is 6.43. The molecular formula is C22H20ClN5O. The highest BCUT2D eigenvalue weighted by molar-refractivity contribution is 6.32. The summed E-state index contributed by atoms with van der Waals surface area (Å²) in [6, 6.07) is 19.3. The number of aromatic nitrogens is 4. The highest BCUT2D eigenvalue weighted by Crippen LogP contribution is 2.27. The quantitative estimate of drug-likeness (QED) is 0.528. The van der Waals surface area contributed by atoms with E-state index in [1.165, 1.54) is 4.68 Å². The molecule has 0 radical (unpaired) electrons. The van der Waals surface area contributed by atoms with Gasteiger partial charge in [0.25, 0.3) is 5.56 Å². The van der Waals surface area contributed by atoms with Gasteiger partial charge in [-0.2, -0.15) is 5.10 Å². The van der Waals surface area contributed by atoms with E-state index in [9.17, 15) is 4.79 Å². The maximum atomic E-state index is 12.8. The van der Waals surface area contributed by atoms with Crippen LogP contribution in [0.5, 0.6) is 0 Å². The monoisotopic (exact) mass is 405 g/mol. The van der Waals surface area contributed by atoms with Gasteiger partial charge in [0.05, 0.1) is 18.4 Å². The molecule has 2 heterocycles. The van der Waals surface area contributed by atoms with Crippen molar-refractivity contribution < 1.29 is 0 Å². The Labute approximate surface area is 173 Å². The van der Waals surface area contributed by atoms with E-state index < -0.39 is 0 Å². The number of aryl methyl sites for hydroxylation is 1. The lowest BCUT2D eigenvalue weighted by atomic mass is 10.1. The van der Waals surface area contributed by atoms with Crippen molar-refractivity contribution in [3.8, 4) is 0 Å². The summed E-state index contributed by atoms with van der Waals surface area (Å²) in [4.78, 5) is 17.2. The molecule has 0 aliphatic heterocycles. The Kier molecular flexibility index (Phi) is 5.44. The Hall–Kier alpha value is -3.38. The maximum Gasteiger partial charge on any atom is 0.287 e. The second-order valence-corrected chi connectivity index (χ2v) is 7.08. The Morgan fingerprint density at radius 3 is 2.41 bits per heavy atom. The number of hydrogen-bond acceptors (Lipinski definition) is 4. The van der Waals surface area contributed by atoms with E-state index in [2.05, 4.69) is 15.4 Å². The molecule has 0 spiro atoms. The summed E-state index contributed by atoms with van der Waals surface area (Å²) in [7, 11) is 1.93. The van der Waals surface area contributed by atoms with Gasteiger partial charge in [0.15, 0.2) is 0 Å². The molecular weight excluding hydrogens is 386 g/mol. The molecule has 0 bridgehead atoms. The average molecular weight is 406 g/mol. The van der Waals surface area contributed by atoms with Crippen LogP contribution >= 0.6 is 11.6 Å². The highest BCUT2D eigenvalue weighted by atomic mass is 35.5. The van der Waals surface area contributed by atoms with Crippen LogP contribution < -0.4 is 10.9 Å². The third kappa shape index (κ3) is 4.07. The first-order valence-corrected chi connectivity index (χ1v) is 9.59. The highest BCUT2D eigenvalue weighted by Gasteiger charge is 2.20. The van der Waals surface area contributed by atoms with Gasteiger partial charge in [0, 0.05) is 19.4 Å². The largest absolute Gasteiger partial charge is 0.369 e. The van der Waals surface area contributed by atoms with Gasteiger partial charge in [0.1, 0.15) is 16.9 Å². The normalized spacial score (nSPS) is 11.9. The number of anilines is 1. The second kappa shape index (κ2) is 8.32. The van der Waals surface area contributed by atoms with Crippen molar-refractivity contribution in [2.24, 2.45) is 7.05 Å². The van der Waals surface area contributed by atoms with E-state index in [0.29, 0.717) is 12.2 Å².